The Morgan fingerprint density at radius 2 is 1.80 bits per heavy atom. The molecule has 114 valence electrons. The van der Waals surface area contributed by atoms with E-state index in [0.29, 0.717) is 12.5 Å². The Morgan fingerprint density at radius 3 is 2.35 bits per heavy atom. The highest BCUT2D eigenvalue weighted by Crippen LogP contribution is 2.26. The maximum absolute atomic E-state index is 10.7. The monoisotopic (exact) mass is 277 g/mol. The van der Waals surface area contributed by atoms with Gasteiger partial charge in [0.15, 0.2) is 0 Å². The second kappa shape index (κ2) is 8.43. The minimum Gasteiger partial charge on any atom is -0.390 e. The lowest BCUT2D eigenvalue weighted by molar-refractivity contribution is 0.0132. The van der Waals surface area contributed by atoms with Crippen molar-refractivity contribution in [3.63, 3.8) is 0 Å². The second-order valence-electron chi connectivity index (χ2n) is 6.11. The summed E-state index contributed by atoms with van der Waals surface area (Å²) >= 11 is 0. The van der Waals surface area contributed by atoms with Crippen molar-refractivity contribution < 1.29 is 5.11 Å². The van der Waals surface area contributed by atoms with Gasteiger partial charge in [0.25, 0.3) is 0 Å². The van der Waals surface area contributed by atoms with Crippen LogP contribution in [0.5, 0.6) is 0 Å². The first kappa shape index (κ1) is 17.2. The van der Waals surface area contributed by atoms with E-state index in [-0.39, 0.29) is 0 Å². The van der Waals surface area contributed by atoms with Crippen LogP contribution in [0.2, 0.25) is 0 Å². The molecule has 2 nitrogen and oxygen atoms in total. The summed E-state index contributed by atoms with van der Waals surface area (Å²) in [7, 11) is 0. The number of benzene rings is 1. The quantitative estimate of drug-likeness (QED) is 0.716. The van der Waals surface area contributed by atoms with Crippen LogP contribution in [0.3, 0.4) is 0 Å². The topological polar surface area (TPSA) is 46.2 Å². The molecule has 1 aromatic rings. The average molecular weight is 277 g/mol. The molecule has 0 heterocycles. The number of nitrogens with two attached hydrogens (primary N) is 1. The van der Waals surface area contributed by atoms with Crippen LogP contribution in [-0.2, 0) is 6.42 Å². The fourth-order valence-electron chi connectivity index (χ4n) is 2.87. The van der Waals surface area contributed by atoms with Gasteiger partial charge < -0.3 is 10.8 Å². The van der Waals surface area contributed by atoms with Gasteiger partial charge in [-0.3, -0.25) is 0 Å². The van der Waals surface area contributed by atoms with Crippen molar-refractivity contribution >= 4 is 0 Å². The van der Waals surface area contributed by atoms with Gasteiger partial charge in [0, 0.05) is 0 Å². The summed E-state index contributed by atoms with van der Waals surface area (Å²) in [6.45, 7) is 7.12. The zero-order chi connectivity index (χ0) is 15.0. The minimum absolute atomic E-state index is 0.403. The maximum atomic E-state index is 10.7. The van der Waals surface area contributed by atoms with Crippen molar-refractivity contribution in [1.82, 2.24) is 0 Å². The third kappa shape index (κ3) is 5.26. The van der Waals surface area contributed by atoms with E-state index in [2.05, 4.69) is 45.0 Å². The Kier molecular flexibility index (Phi) is 7.25. The predicted octanol–water partition coefficient (Wildman–Crippen LogP) is 4.01. The first-order valence-corrected chi connectivity index (χ1v) is 8.06. The molecule has 1 rings (SSSR count). The second-order valence-corrected chi connectivity index (χ2v) is 6.11. The predicted molar refractivity (Wildman–Crippen MR) is 87.0 cm³/mol. The minimum atomic E-state index is -0.487. The van der Waals surface area contributed by atoms with Crippen LogP contribution in [-0.4, -0.2) is 17.3 Å². The molecule has 0 spiro atoms. The van der Waals surface area contributed by atoms with E-state index in [0.717, 1.165) is 38.5 Å². The molecule has 0 aliphatic carbocycles. The molecule has 0 saturated carbocycles. The lowest BCUT2D eigenvalue weighted by Crippen LogP contribution is -2.28. The Labute approximate surface area is 124 Å². The third-order valence-electron chi connectivity index (χ3n) is 4.18. The molecule has 0 bridgehead atoms. The molecular formula is C18H31NO. The molecule has 20 heavy (non-hydrogen) atoms. The summed E-state index contributed by atoms with van der Waals surface area (Å²) in [5, 5.41) is 10.7. The van der Waals surface area contributed by atoms with Gasteiger partial charge in [0.1, 0.15) is 0 Å². The van der Waals surface area contributed by atoms with Crippen molar-refractivity contribution in [1.29, 1.82) is 0 Å². The summed E-state index contributed by atoms with van der Waals surface area (Å²) in [6, 6.07) is 8.65. The molecule has 0 unspecified atom stereocenters. The van der Waals surface area contributed by atoms with E-state index in [1.54, 1.807) is 0 Å². The van der Waals surface area contributed by atoms with Gasteiger partial charge >= 0.3 is 0 Å². The van der Waals surface area contributed by atoms with Crippen molar-refractivity contribution in [2.75, 3.05) is 6.54 Å². The van der Waals surface area contributed by atoms with Gasteiger partial charge in [-0.15, -0.1) is 0 Å². The zero-order valence-corrected chi connectivity index (χ0v) is 13.4. The third-order valence-corrected chi connectivity index (χ3v) is 4.18. The molecular weight excluding hydrogens is 246 g/mol. The highest BCUT2D eigenvalue weighted by Gasteiger charge is 2.24. The Hall–Kier alpha value is -0.860. The summed E-state index contributed by atoms with van der Waals surface area (Å²) in [5.74, 6) is 0.403. The SMILES string of the molecule is CCCC(O)(CCC)CCc1cccc([C@H](C)CN)c1. The fourth-order valence-corrected chi connectivity index (χ4v) is 2.87. The molecule has 2 heteroatoms. The fraction of sp³-hybridized carbons (Fsp3) is 0.667. The first-order chi connectivity index (χ1) is 9.54. The van der Waals surface area contributed by atoms with Crippen LogP contribution in [0, 0.1) is 0 Å². The molecule has 0 saturated heterocycles. The van der Waals surface area contributed by atoms with Gasteiger partial charge in [0.2, 0.25) is 0 Å². The highest BCUT2D eigenvalue weighted by molar-refractivity contribution is 5.26. The molecule has 1 aromatic carbocycles. The maximum Gasteiger partial charge on any atom is 0.0650 e. The van der Waals surface area contributed by atoms with E-state index in [1.807, 2.05) is 0 Å². The average Bonchev–Trinajstić information content (AvgIpc) is 2.45. The van der Waals surface area contributed by atoms with Crippen molar-refractivity contribution in [2.45, 2.75) is 70.8 Å². The summed E-state index contributed by atoms with van der Waals surface area (Å²) in [6.07, 6.45) is 5.69. The van der Waals surface area contributed by atoms with Gasteiger partial charge in [-0.1, -0.05) is 57.9 Å². The van der Waals surface area contributed by atoms with Crippen LogP contribution in [0.4, 0.5) is 0 Å². The highest BCUT2D eigenvalue weighted by atomic mass is 16.3. The Bertz CT molecular complexity index is 383. The molecule has 0 radical (unpaired) electrons. The largest absolute Gasteiger partial charge is 0.390 e. The molecule has 0 fully saturated rings. The summed E-state index contributed by atoms with van der Waals surface area (Å²) in [4.78, 5) is 0. The standard InChI is InChI=1S/C18H31NO/c1-4-10-18(20,11-5-2)12-9-16-7-6-8-17(13-16)15(3)14-19/h6-8,13,15,20H,4-5,9-12,14,19H2,1-3H3/t15-/m1/s1. The molecule has 0 amide bonds. The van der Waals surface area contributed by atoms with Gasteiger partial charge in [-0.05, 0) is 49.3 Å². The van der Waals surface area contributed by atoms with Gasteiger partial charge in [0.05, 0.1) is 5.60 Å². The number of rotatable bonds is 9. The molecule has 0 aliphatic rings. The van der Waals surface area contributed by atoms with E-state index in [1.165, 1.54) is 11.1 Å². The van der Waals surface area contributed by atoms with Crippen molar-refractivity contribution in [2.24, 2.45) is 5.73 Å². The lowest BCUT2D eigenvalue weighted by Gasteiger charge is -2.27. The van der Waals surface area contributed by atoms with E-state index in [9.17, 15) is 5.11 Å². The Balaban J connectivity index is 2.68. The van der Waals surface area contributed by atoms with E-state index < -0.39 is 5.60 Å². The van der Waals surface area contributed by atoms with Crippen LogP contribution in [0.1, 0.15) is 69.9 Å². The molecule has 0 aromatic heterocycles. The molecule has 3 N–H and O–H groups in total. The van der Waals surface area contributed by atoms with Crippen LogP contribution in [0.15, 0.2) is 24.3 Å². The summed E-state index contributed by atoms with van der Waals surface area (Å²) in [5.41, 5.74) is 7.87. The number of hydrogen-bond donors (Lipinski definition) is 2. The molecule has 0 aliphatic heterocycles. The van der Waals surface area contributed by atoms with Crippen molar-refractivity contribution in [3.05, 3.63) is 35.4 Å². The van der Waals surface area contributed by atoms with Crippen LogP contribution < -0.4 is 5.73 Å². The Morgan fingerprint density at radius 1 is 1.15 bits per heavy atom. The first-order valence-electron chi connectivity index (χ1n) is 8.06. The molecule has 1 atom stereocenters. The van der Waals surface area contributed by atoms with Gasteiger partial charge in [-0.25, -0.2) is 0 Å². The smallest absolute Gasteiger partial charge is 0.0650 e. The van der Waals surface area contributed by atoms with E-state index >= 15 is 0 Å². The van der Waals surface area contributed by atoms with E-state index in [4.69, 9.17) is 5.73 Å². The van der Waals surface area contributed by atoms with Crippen LogP contribution in [0.25, 0.3) is 0 Å². The number of aryl methyl sites for hydroxylation is 1. The number of hydrogen-bond acceptors (Lipinski definition) is 2. The van der Waals surface area contributed by atoms with Gasteiger partial charge in [-0.2, -0.15) is 0 Å². The van der Waals surface area contributed by atoms with Crippen LogP contribution >= 0.6 is 0 Å². The summed E-state index contributed by atoms with van der Waals surface area (Å²) < 4.78 is 0. The zero-order valence-electron chi connectivity index (χ0n) is 13.4. The lowest BCUT2D eigenvalue weighted by atomic mass is 9.86. The normalized spacial score (nSPS) is 13.4. The number of aliphatic hydroxyl groups is 1. The van der Waals surface area contributed by atoms with Crippen molar-refractivity contribution in [3.8, 4) is 0 Å².